The predicted molar refractivity (Wildman–Crippen MR) is 87.9 cm³/mol. The molecule has 2 heterocycles. The van der Waals surface area contributed by atoms with E-state index in [2.05, 4.69) is 5.32 Å². The van der Waals surface area contributed by atoms with Gasteiger partial charge in [-0.1, -0.05) is 6.07 Å². The van der Waals surface area contributed by atoms with E-state index >= 15 is 0 Å². The van der Waals surface area contributed by atoms with Gasteiger partial charge in [-0.2, -0.15) is 0 Å². The van der Waals surface area contributed by atoms with E-state index in [4.69, 9.17) is 18.6 Å². The molecule has 24 heavy (non-hydrogen) atoms. The summed E-state index contributed by atoms with van der Waals surface area (Å²) in [6.45, 7) is 3.44. The van der Waals surface area contributed by atoms with Crippen molar-refractivity contribution in [3.8, 4) is 17.4 Å². The number of ether oxygens (including phenoxy) is 3. The van der Waals surface area contributed by atoms with Gasteiger partial charge < -0.3 is 23.9 Å². The third kappa shape index (κ3) is 3.64. The predicted octanol–water partition coefficient (Wildman–Crippen LogP) is 2.67. The minimum Gasteiger partial charge on any atom is -0.497 e. The van der Waals surface area contributed by atoms with E-state index in [-0.39, 0.29) is 17.6 Å². The molecule has 1 atom stereocenters. The smallest absolute Gasteiger partial charge is 0.287 e. The molecule has 0 radical (unpaired) electrons. The average molecular weight is 331 g/mol. The van der Waals surface area contributed by atoms with Crippen LogP contribution in [0.15, 0.2) is 34.7 Å². The summed E-state index contributed by atoms with van der Waals surface area (Å²) in [5.41, 5.74) is 1.12. The summed E-state index contributed by atoms with van der Waals surface area (Å²) in [5.74, 6) is 2.21. The highest BCUT2D eigenvalue weighted by Crippen LogP contribution is 2.30. The number of amides is 1. The van der Waals surface area contributed by atoms with Crippen molar-refractivity contribution < 1.29 is 23.4 Å². The lowest BCUT2D eigenvalue weighted by Gasteiger charge is -2.25. The molecule has 0 aliphatic carbocycles. The van der Waals surface area contributed by atoms with Crippen LogP contribution in [0.3, 0.4) is 0 Å². The van der Waals surface area contributed by atoms with E-state index in [0.29, 0.717) is 25.7 Å². The number of nitrogens with one attached hydrogen (secondary N) is 1. The lowest BCUT2D eigenvalue weighted by molar-refractivity contribution is 0.0903. The van der Waals surface area contributed by atoms with Gasteiger partial charge in [0.05, 0.1) is 20.3 Å². The Labute approximate surface area is 140 Å². The summed E-state index contributed by atoms with van der Waals surface area (Å²) >= 11 is 0. The third-order valence-corrected chi connectivity index (χ3v) is 3.90. The second-order valence-electron chi connectivity index (χ2n) is 5.62. The van der Waals surface area contributed by atoms with Crippen molar-refractivity contribution in [2.75, 3.05) is 26.9 Å². The molecule has 6 nitrogen and oxygen atoms in total. The van der Waals surface area contributed by atoms with Crippen LogP contribution in [0.5, 0.6) is 17.4 Å². The van der Waals surface area contributed by atoms with Crippen molar-refractivity contribution in [2.24, 2.45) is 5.92 Å². The van der Waals surface area contributed by atoms with E-state index in [1.54, 1.807) is 19.2 Å². The first-order valence-corrected chi connectivity index (χ1v) is 8.00. The van der Waals surface area contributed by atoms with Crippen LogP contribution >= 0.6 is 0 Å². The van der Waals surface area contributed by atoms with Crippen molar-refractivity contribution in [3.63, 3.8) is 0 Å². The molecule has 1 aliphatic heterocycles. The fourth-order valence-electron chi connectivity index (χ4n) is 2.66. The van der Waals surface area contributed by atoms with Crippen molar-refractivity contribution in [1.29, 1.82) is 0 Å². The molecule has 1 aromatic carbocycles. The van der Waals surface area contributed by atoms with Gasteiger partial charge in [0.1, 0.15) is 11.5 Å². The molecule has 6 heteroatoms. The van der Waals surface area contributed by atoms with E-state index in [1.165, 1.54) is 0 Å². The van der Waals surface area contributed by atoms with Gasteiger partial charge in [-0.25, -0.2) is 0 Å². The van der Waals surface area contributed by atoms with E-state index in [9.17, 15) is 4.79 Å². The highest BCUT2D eigenvalue weighted by atomic mass is 16.6. The summed E-state index contributed by atoms with van der Waals surface area (Å²) in [4.78, 5) is 12.1. The summed E-state index contributed by atoms with van der Waals surface area (Å²) in [7, 11) is 1.63. The highest BCUT2D eigenvalue weighted by Gasteiger charge is 2.22. The van der Waals surface area contributed by atoms with Gasteiger partial charge in [-0.3, -0.25) is 4.79 Å². The molecule has 1 amide bonds. The molecule has 2 aromatic rings. The van der Waals surface area contributed by atoms with Crippen LogP contribution in [0.25, 0.3) is 0 Å². The number of furan rings is 1. The zero-order chi connectivity index (χ0) is 16.9. The third-order valence-electron chi connectivity index (χ3n) is 3.90. The zero-order valence-corrected chi connectivity index (χ0v) is 13.8. The molecule has 0 unspecified atom stereocenters. The lowest BCUT2D eigenvalue weighted by atomic mass is 9.96. The van der Waals surface area contributed by atoms with Crippen molar-refractivity contribution in [3.05, 3.63) is 41.7 Å². The second-order valence-corrected chi connectivity index (χ2v) is 5.62. The number of carbonyl (C=O) groups is 1. The van der Waals surface area contributed by atoms with Crippen molar-refractivity contribution in [1.82, 2.24) is 5.32 Å². The van der Waals surface area contributed by atoms with Crippen LogP contribution < -0.4 is 19.5 Å². The number of rotatable bonds is 6. The Kier molecular flexibility index (Phi) is 4.93. The zero-order valence-electron chi connectivity index (χ0n) is 13.8. The maximum absolute atomic E-state index is 12.1. The molecule has 128 valence electrons. The minimum atomic E-state index is -0.249. The molecule has 0 bridgehead atoms. The van der Waals surface area contributed by atoms with Gasteiger partial charge in [-0.05, 0) is 31.0 Å². The van der Waals surface area contributed by atoms with E-state index in [1.807, 2.05) is 25.1 Å². The molecule has 1 aliphatic rings. The van der Waals surface area contributed by atoms with Gasteiger partial charge in [0.25, 0.3) is 11.9 Å². The van der Waals surface area contributed by atoms with Crippen molar-refractivity contribution in [2.45, 2.75) is 13.3 Å². The molecule has 0 spiro atoms. The topological polar surface area (TPSA) is 69.9 Å². The Hall–Kier alpha value is -2.63. The molecule has 1 aromatic heterocycles. The second kappa shape index (κ2) is 7.29. The lowest BCUT2D eigenvalue weighted by Crippen LogP contribution is -2.34. The van der Waals surface area contributed by atoms with Gasteiger partial charge >= 0.3 is 0 Å². The standard InChI is InChI=1S/C18H21NO5/c1-3-22-17-7-6-15(24-17)18(20)19-10-12-8-13-4-5-14(21-2)9-16(13)23-11-12/h4-7,9,12H,3,8,10-11H2,1-2H3,(H,19,20)/t12-/m1/s1. The van der Waals surface area contributed by atoms with Gasteiger partial charge in [0.15, 0.2) is 5.76 Å². The SMILES string of the molecule is CCOc1ccc(C(=O)NC[C@@H]2COc3cc(OC)ccc3C2)o1. The maximum atomic E-state index is 12.1. The summed E-state index contributed by atoms with van der Waals surface area (Å²) in [6.07, 6.45) is 0.849. The quantitative estimate of drug-likeness (QED) is 0.881. The van der Waals surface area contributed by atoms with Crippen molar-refractivity contribution >= 4 is 5.91 Å². The first-order chi connectivity index (χ1) is 11.7. The molecular formula is C18H21NO5. The number of hydrogen-bond acceptors (Lipinski definition) is 5. The Balaban J connectivity index is 1.54. The number of methoxy groups -OCH3 is 1. The molecule has 0 saturated carbocycles. The van der Waals surface area contributed by atoms with Gasteiger partial charge in [0, 0.05) is 24.6 Å². The van der Waals surface area contributed by atoms with Crippen LogP contribution in [0.2, 0.25) is 0 Å². The first-order valence-electron chi connectivity index (χ1n) is 8.00. The van der Waals surface area contributed by atoms with Gasteiger partial charge in [0.2, 0.25) is 0 Å². The minimum absolute atomic E-state index is 0.219. The summed E-state index contributed by atoms with van der Waals surface area (Å²) in [5, 5.41) is 2.88. The number of hydrogen-bond donors (Lipinski definition) is 1. The molecule has 1 N–H and O–H groups in total. The summed E-state index contributed by atoms with van der Waals surface area (Å²) < 4.78 is 21.5. The van der Waals surface area contributed by atoms with Gasteiger partial charge in [-0.15, -0.1) is 0 Å². The number of benzene rings is 1. The van der Waals surface area contributed by atoms with Crippen LogP contribution in [-0.4, -0.2) is 32.8 Å². The van der Waals surface area contributed by atoms with Crippen LogP contribution in [-0.2, 0) is 6.42 Å². The Morgan fingerprint density at radius 1 is 1.33 bits per heavy atom. The average Bonchev–Trinajstić information content (AvgIpc) is 3.08. The summed E-state index contributed by atoms with van der Waals surface area (Å²) in [6, 6.07) is 9.07. The normalized spacial score (nSPS) is 16.0. The Morgan fingerprint density at radius 2 is 2.21 bits per heavy atom. The van der Waals surface area contributed by atoms with E-state index in [0.717, 1.165) is 23.5 Å². The molecule has 0 fully saturated rings. The Morgan fingerprint density at radius 3 is 3.00 bits per heavy atom. The van der Waals surface area contributed by atoms with Crippen LogP contribution in [0.4, 0.5) is 0 Å². The van der Waals surface area contributed by atoms with Crippen LogP contribution in [0, 0.1) is 5.92 Å². The monoisotopic (exact) mass is 331 g/mol. The Bertz CT molecular complexity index is 709. The maximum Gasteiger partial charge on any atom is 0.287 e. The fourth-order valence-corrected chi connectivity index (χ4v) is 2.66. The molecular weight excluding hydrogens is 310 g/mol. The number of fused-ring (bicyclic) bond motifs is 1. The largest absolute Gasteiger partial charge is 0.497 e. The first kappa shape index (κ1) is 16.2. The number of carbonyl (C=O) groups excluding carboxylic acids is 1. The van der Waals surface area contributed by atoms with Crippen LogP contribution in [0.1, 0.15) is 23.0 Å². The highest BCUT2D eigenvalue weighted by molar-refractivity contribution is 5.91. The molecule has 3 rings (SSSR count). The fraction of sp³-hybridized carbons (Fsp3) is 0.389. The van der Waals surface area contributed by atoms with E-state index < -0.39 is 0 Å². The molecule has 0 saturated heterocycles.